The number of hydrogen-bond acceptors (Lipinski definition) is 1. The largest absolute Gasteiger partial charge is 0.392 e. The van der Waals surface area contributed by atoms with Crippen LogP contribution in [0, 0.1) is 0 Å². The summed E-state index contributed by atoms with van der Waals surface area (Å²) in [6.07, 6.45) is 0. The quantitative estimate of drug-likeness (QED) is 0.652. The minimum Gasteiger partial charge on any atom is -0.392 e. The number of aliphatic hydroxyl groups is 1. The Bertz CT molecular complexity index is 150. The van der Waals surface area contributed by atoms with Crippen LogP contribution in [-0.4, -0.2) is 5.11 Å². The minimum absolute atomic E-state index is 0. The van der Waals surface area contributed by atoms with Gasteiger partial charge >= 0.3 is 0 Å². The van der Waals surface area contributed by atoms with Crippen molar-refractivity contribution in [3.63, 3.8) is 0 Å². The fourth-order valence-electron chi connectivity index (χ4n) is 0.583. The molecule has 1 aromatic rings. The summed E-state index contributed by atoms with van der Waals surface area (Å²) in [4.78, 5) is 0. The summed E-state index contributed by atoms with van der Waals surface area (Å²) in [5.41, 5.74) is 0.965. The fourth-order valence-corrected chi connectivity index (χ4v) is 0.583. The molecule has 1 aromatic carbocycles. The molecule has 0 heterocycles. The molecule has 2 heteroatoms. The van der Waals surface area contributed by atoms with Crippen molar-refractivity contribution in [2.75, 3.05) is 0 Å². The molecule has 0 aliphatic heterocycles. The maximum absolute atomic E-state index is 8.54. The average Bonchev–Trinajstić information content (AvgIpc) is 1.90. The first-order valence-corrected chi connectivity index (χ1v) is 2.58. The first-order valence-electron chi connectivity index (χ1n) is 2.58. The second-order valence-corrected chi connectivity index (χ2v) is 1.64. The van der Waals surface area contributed by atoms with Crippen molar-refractivity contribution in [2.24, 2.45) is 0 Å². The van der Waals surface area contributed by atoms with Crippen molar-refractivity contribution in [1.82, 2.24) is 0 Å². The molecule has 0 atom stereocenters. The Morgan fingerprint density at radius 1 is 1.11 bits per heavy atom. The third-order valence-corrected chi connectivity index (χ3v) is 1.03. The van der Waals surface area contributed by atoms with Gasteiger partial charge in [0, 0.05) is 18.6 Å². The Morgan fingerprint density at radius 2 is 1.67 bits per heavy atom. The average molecular weight is 159 g/mol. The monoisotopic (exact) mass is 159 g/mol. The smallest absolute Gasteiger partial charge is 0.0681 e. The Balaban J connectivity index is 0.000000640. The zero-order valence-corrected chi connectivity index (χ0v) is 6.38. The molecule has 0 amide bonds. The van der Waals surface area contributed by atoms with E-state index in [1.165, 1.54) is 0 Å². The van der Waals surface area contributed by atoms with Gasteiger partial charge in [-0.05, 0) is 5.56 Å². The van der Waals surface area contributed by atoms with Crippen LogP contribution in [0.3, 0.4) is 0 Å². The van der Waals surface area contributed by atoms with Crippen molar-refractivity contribution in [3.05, 3.63) is 35.9 Å². The third-order valence-electron chi connectivity index (χ3n) is 1.03. The van der Waals surface area contributed by atoms with Crippen molar-refractivity contribution in [1.29, 1.82) is 0 Å². The molecule has 0 unspecified atom stereocenters. The van der Waals surface area contributed by atoms with E-state index in [2.05, 4.69) is 0 Å². The van der Waals surface area contributed by atoms with Crippen LogP contribution < -0.4 is 0 Å². The molecule has 0 bridgehead atoms. The molecular formula is C7H8OV. The molecule has 9 heavy (non-hydrogen) atoms. The van der Waals surface area contributed by atoms with Gasteiger partial charge in [0.2, 0.25) is 0 Å². The first-order chi connectivity index (χ1) is 3.93. The molecule has 1 radical (unpaired) electrons. The maximum atomic E-state index is 8.54. The molecule has 0 saturated heterocycles. The molecule has 0 fully saturated rings. The Kier molecular flexibility index (Phi) is 4.50. The zero-order valence-electron chi connectivity index (χ0n) is 4.99. The van der Waals surface area contributed by atoms with Gasteiger partial charge in [-0.2, -0.15) is 0 Å². The number of aliphatic hydroxyl groups excluding tert-OH is 1. The fraction of sp³-hybridized carbons (Fsp3) is 0.143. The summed E-state index contributed by atoms with van der Waals surface area (Å²) < 4.78 is 0. The second-order valence-electron chi connectivity index (χ2n) is 1.64. The van der Waals surface area contributed by atoms with Crippen LogP contribution in [-0.2, 0) is 25.2 Å². The van der Waals surface area contributed by atoms with Crippen LogP contribution in [0.25, 0.3) is 0 Å². The van der Waals surface area contributed by atoms with E-state index in [0.29, 0.717) is 0 Å². The summed E-state index contributed by atoms with van der Waals surface area (Å²) in [6, 6.07) is 9.52. The number of benzene rings is 1. The van der Waals surface area contributed by atoms with Crippen LogP contribution in [0.1, 0.15) is 5.56 Å². The number of hydrogen-bond donors (Lipinski definition) is 1. The Hall–Kier alpha value is -0.236. The summed E-state index contributed by atoms with van der Waals surface area (Å²) in [5, 5.41) is 8.54. The van der Waals surface area contributed by atoms with Crippen LogP contribution >= 0.6 is 0 Å². The molecule has 0 spiro atoms. The number of rotatable bonds is 1. The summed E-state index contributed by atoms with van der Waals surface area (Å²) in [6.45, 7) is 0.140. The van der Waals surface area contributed by atoms with Crippen molar-refractivity contribution < 1.29 is 23.7 Å². The van der Waals surface area contributed by atoms with Gasteiger partial charge in [-0.15, -0.1) is 0 Å². The van der Waals surface area contributed by atoms with E-state index in [4.69, 9.17) is 5.11 Å². The maximum Gasteiger partial charge on any atom is 0.0681 e. The van der Waals surface area contributed by atoms with E-state index in [1.54, 1.807) is 0 Å². The first kappa shape index (κ1) is 8.76. The standard InChI is InChI=1S/C7H8O.V/c8-6-7-4-2-1-3-5-7;/h1-5,8H,6H2;. The summed E-state index contributed by atoms with van der Waals surface area (Å²) in [5.74, 6) is 0. The van der Waals surface area contributed by atoms with Gasteiger partial charge in [0.25, 0.3) is 0 Å². The molecule has 1 nitrogen and oxygen atoms in total. The predicted octanol–water partition coefficient (Wildman–Crippen LogP) is 1.18. The summed E-state index contributed by atoms with van der Waals surface area (Å²) in [7, 11) is 0. The minimum atomic E-state index is 0. The van der Waals surface area contributed by atoms with Gasteiger partial charge < -0.3 is 5.11 Å². The van der Waals surface area contributed by atoms with E-state index in [-0.39, 0.29) is 25.2 Å². The molecule has 0 aromatic heterocycles. The molecular weight excluding hydrogens is 151 g/mol. The van der Waals surface area contributed by atoms with Gasteiger partial charge in [0.15, 0.2) is 0 Å². The van der Waals surface area contributed by atoms with E-state index in [0.717, 1.165) is 5.56 Å². The molecule has 47 valence electrons. The van der Waals surface area contributed by atoms with E-state index < -0.39 is 0 Å². The topological polar surface area (TPSA) is 20.2 Å². The van der Waals surface area contributed by atoms with Crippen molar-refractivity contribution in [3.8, 4) is 0 Å². The Morgan fingerprint density at radius 3 is 2.00 bits per heavy atom. The SMILES string of the molecule is OCc1ccccc1.[V]. The van der Waals surface area contributed by atoms with E-state index in [1.807, 2.05) is 30.3 Å². The molecule has 0 aliphatic carbocycles. The molecule has 0 saturated carbocycles. The van der Waals surface area contributed by atoms with Crippen LogP contribution in [0.15, 0.2) is 30.3 Å². The van der Waals surface area contributed by atoms with Crippen LogP contribution in [0.5, 0.6) is 0 Å². The molecule has 0 aliphatic rings. The van der Waals surface area contributed by atoms with Gasteiger partial charge in [-0.3, -0.25) is 0 Å². The van der Waals surface area contributed by atoms with Crippen LogP contribution in [0.4, 0.5) is 0 Å². The molecule has 1 rings (SSSR count). The van der Waals surface area contributed by atoms with E-state index in [9.17, 15) is 0 Å². The zero-order chi connectivity index (χ0) is 5.82. The molecule has 1 N–H and O–H groups in total. The van der Waals surface area contributed by atoms with Gasteiger partial charge in [-0.1, -0.05) is 30.3 Å². The third kappa shape index (κ3) is 2.71. The van der Waals surface area contributed by atoms with Gasteiger partial charge in [0.1, 0.15) is 0 Å². The van der Waals surface area contributed by atoms with E-state index >= 15 is 0 Å². The van der Waals surface area contributed by atoms with Gasteiger partial charge in [0.05, 0.1) is 6.61 Å². The second kappa shape index (κ2) is 4.63. The van der Waals surface area contributed by atoms with Gasteiger partial charge in [-0.25, -0.2) is 0 Å². The Labute approximate surface area is 66.6 Å². The van der Waals surface area contributed by atoms with Crippen LogP contribution in [0.2, 0.25) is 0 Å². The van der Waals surface area contributed by atoms with Crippen molar-refractivity contribution >= 4 is 0 Å². The predicted molar refractivity (Wildman–Crippen MR) is 32.4 cm³/mol. The van der Waals surface area contributed by atoms with Crippen molar-refractivity contribution in [2.45, 2.75) is 6.61 Å². The normalized spacial score (nSPS) is 8.11. The summed E-state index contributed by atoms with van der Waals surface area (Å²) >= 11 is 0.